The van der Waals surface area contributed by atoms with Crippen molar-refractivity contribution in [3.8, 4) is 5.75 Å². The number of ether oxygens (including phenoxy) is 2. The van der Waals surface area contributed by atoms with Gasteiger partial charge in [0, 0.05) is 5.70 Å². The summed E-state index contributed by atoms with van der Waals surface area (Å²) in [5, 5.41) is 6.40. The van der Waals surface area contributed by atoms with E-state index in [-0.39, 0.29) is 12.4 Å². The second-order valence-corrected chi connectivity index (χ2v) is 6.30. The van der Waals surface area contributed by atoms with Crippen LogP contribution >= 0.6 is 12.2 Å². The maximum atomic E-state index is 12.5. The number of furan rings is 1. The highest BCUT2D eigenvalue weighted by Gasteiger charge is 2.30. The lowest BCUT2D eigenvalue weighted by atomic mass is 9.95. The molecule has 0 saturated heterocycles. The molecule has 0 saturated carbocycles. The molecule has 7 nitrogen and oxygen atoms in total. The third-order valence-corrected chi connectivity index (χ3v) is 4.19. The van der Waals surface area contributed by atoms with Crippen molar-refractivity contribution in [2.45, 2.75) is 13.0 Å². The Bertz CT molecular complexity index is 932. The highest BCUT2D eigenvalue weighted by molar-refractivity contribution is 7.80. The van der Waals surface area contributed by atoms with Crippen molar-refractivity contribution < 1.29 is 23.5 Å². The van der Waals surface area contributed by atoms with Crippen LogP contribution in [0.4, 0.5) is 0 Å². The van der Waals surface area contributed by atoms with Gasteiger partial charge in [-0.3, -0.25) is 0 Å². The van der Waals surface area contributed by atoms with Crippen molar-refractivity contribution in [3.05, 3.63) is 77.9 Å². The van der Waals surface area contributed by atoms with Gasteiger partial charge in [-0.2, -0.15) is 0 Å². The van der Waals surface area contributed by atoms with Gasteiger partial charge in [0.05, 0.1) is 17.9 Å². The van der Waals surface area contributed by atoms with Gasteiger partial charge in [0.2, 0.25) is 5.76 Å². The Morgan fingerprint density at radius 1 is 1.25 bits per heavy atom. The zero-order valence-corrected chi connectivity index (χ0v) is 15.9. The molecule has 2 N–H and O–H groups in total. The maximum absolute atomic E-state index is 12.5. The summed E-state index contributed by atoms with van der Waals surface area (Å²) < 4.78 is 15.5. The summed E-state index contributed by atoms with van der Waals surface area (Å²) in [7, 11) is 0. The Morgan fingerprint density at radius 3 is 2.64 bits per heavy atom. The smallest absolute Gasteiger partial charge is 0.379 e. The van der Waals surface area contributed by atoms with E-state index < -0.39 is 18.0 Å². The monoisotopic (exact) mass is 398 g/mol. The summed E-state index contributed by atoms with van der Waals surface area (Å²) in [5.74, 6) is -0.611. The molecule has 0 radical (unpaired) electrons. The predicted octanol–water partition coefficient (Wildman–Crippen LogP) is 3.02. The average molecular weight is 398 g/mol. The molecule has 1 atom stereocenters. The number of rotatable bonds is 6. The van der Waals surface area contributed by atoms with Crippen LogP contribution in [0.1, 0.15) is 29.1 Å². The van der Waals surface area contributed by atoms with Crippen LogP contribution in [-0.2, 0) is 9.53 Å². The van der Waals surface area contributed by atoms with Gasteiger partial charge >= 0.3 is 11.9 Å². The number of allylic oxidation sites excluding steroid dienone is 1. The van der Waals surface area contributed by atoms with Gasteiger partial charge < -0.3 is 24.5 Å². The minimum atomic E-state index is -0.594. The highest BCUT2D eigenvalue weighted by atomic mass is 32.1. The van der Waals surface area contributed by atoms with Crippen LogP contribution in [0.15, 0.2) is 71.0 Å². The summed E-state index contributed by atoms with van der Waals surface area (Å²) in [4.78, 5) is 24.4. The molecular formula is C20H18N2O5S. The Balaban J connectivity index is 1.81. The molecule has 144 valence electrons. The largest absolute Gasteiger partial charge is 0.458 e. The minimum absolute atomic E-state index is 0.106. The third kappa shape index (κ3) is 4.29. The number of hydrogen-bond acceptors (Lipinski definition) is 6. The van der Waals surface area contributed by atoms with E-state index in [4.69, 9.17) is 26.1 Å². The Hall–Kier alpha value is -3.39. The lowest BCUT2D eigenvalue weighted by Crippen LogP contribution is -2.45. The van der Waals surface area contributed by atoms with Crippen LogP contribution < -0.4 is 15.4 Å². The molecule has 28 heavy (non-hydrogen) atoms. The quantitative estimate of drug-likeness (QED) is 0.332. The second-order valence-electron chi connectivity index (χ2n) is 5.89. The predicted molar refractivity (Wildman–Crippen MR) is 106 cm³/mol. The van der Waals surface area contributed by atoms with E-state index in [9.17, 15) is 9.59 Å². The van der Waals surface area contributed by atoms with Crippen LogP contribution in [0.5, 0.6) is 5.75 Å². The standard InChI is InChI=1S/C20H18N2O5S/c1-3-10-26-19(24)16-12(2)21-20(28)22-17(16)13-6-8-14(9-7-13)27-18(23)15-5-4-11-25-15/h3-9,11,17H,1,10H2,2H3,(H2,21,22,28)/t17-/m1/s1. The number of thiocarbonyl (C=S) groups is 1. The van der Waals surface area contributed by atoms with Gasteiger partial charge in [0.25, 0.3) is 0 Å². The van der Waals surface area contributed by atoms with Crippen LogP contribution in [-0.4, -0.2) is 23.7 Å². The lowest BCUT2D eigenvalue weighted by Gasteiger charge is -2.29. The molecule has 2 aromatic rings. The molecule has 2 heterocycles. The molecule has 0 bridgehead atoms. The maximum Gasteiger partial charge on any atom is 0.379 e. The fraction of sp³-hybridized carbons (Fsp3) is 0.150. The molecule has 0 spiro atoms. The zero-order chi connectivity index (χ0) is 20.1. The Kier molecular flexibility index (Phi) is 5.90. The number of nitrogens with one attached hydrogen (secondary N) is 2. The van der Waals surface area contributed by atoms with Gasteiger partial charge in [0.1, 0.15) is 12.4 Å². The number of carbonyl (C=O) groups is 2. The van der Waals surface area contributed by atoms with Crippen molar-refractivity contribution in [2.75, 3.05) is 6.61 Å². The molecular weight excluding hydrogens is 380 g/mol. The summed E-state index contributed by atoms with van der Waals surface area (Å²) in [6, 6.07) is 9.36. The van der Waals surface area contributed by atoms with Gasteiger partial charge in [0.15, 0.2) is 5.11 Å². The highest BCUT2D eigenvalue weighted by Crippen LogP contribution is 2.29. The van der Waals surface area contributed by atoms with E-state index in [0.29, 0.717) is 22.1 Å². The van der Waals surface area contributed by atoms with Gasteiger partial charge in [-0.1, -0.05) is 24.8 Å². The van der Waals surface area contributed by atoms with E-state index in [2.05, 4.69) is 17.2 Å². The zero-order valence-electron chi connectivity index (χ0n) is 15.1. The molecule has 0 unspecified atom stereocenters. The van der Waals surface area contributed by atoms with E-state index in [1.165, 1.54) is 18.4 Å². The van der Waals surface area contributed by atoms with E-state index in [1.54, 1.807) is 37.3 Å². The van der Waals surface area contributed by atoms with E-state index >= 15 is 0 Å². The summed E-state index contributed by atoms with van der Waals surface area (Å²) in [5.41, 5.74) is 1.78. The molecule has 1 aliphatic rings. The Labute approximate surface area is 167 Å². The van der Waals surface area contributed by atoms with Crippen molar-refractivity contribution in [1.29, 1.82) is 0 Å². The fourth-order valence-corrected chi connectivity index (χ4v) is 2.98. The van der Waals surface area contributed by atoms with Crippen LogP contribution in [0.3, 0.4) is 0 Å². The Morgan fingerprint density at radius 2 is 2.00 bits per heavy atom. The number of benzene rings is 1. The van der Waals surface area contributed by atoms with E-state index in [0.717, 1.165) is 5.56 Å². The number of hydrogen-bond donors (Lipinski definition) is 2. The molecule has 3 rings (SSSR count). The second kappa shape index (κ2) is 8.53. The SMILES string of the molecule is C=CCOC(=O)C1=C(C)NC(=S)N[C@@H]1c1ccc(OC(=O)c2ccco2)cc1. The van der Waals surface area contributed by atoms with Crippen LogP contribution in [0.2, 0.25) is 0 Å². The van der Waals surface area contributed by atoms with Crippen LogP contribution in [0.25, 0.3) is 0 Å². The fourth-order valence-electron chi connectivity index (χ4n) is 2.71. The first-order valence-corrected chi connectivity index (χ1v) is 8.82. The van der Waals surface area contributed by atoms with E-state index in [1.807, 2.05) is 0 Å². The molecule has 1 aromatic heterocycles. The first-order chi connectivity index (χ1) is 13.5. The summed E-state index contributed by atoms with van der Waals surface area (Å²) in [6.07, 6.45) is 2.90. The van der Waals surface area contributed by atoms with Crippen molar-refractivity contribution in [2.24, 2.45) is 0 Å². The van der Waals surface area contributed by atoms with Crippen molar-refractivity contribution in [3.63, 3.8) is 0 Å². The molecule has 0 amide bonds. The minimum Gasteiger partial charge on any atom is -0.458 e. The first-order valence-electron chi connectivity index (χ1n) is 8.41. The average Bonchev–Trinajstić information content (AvgIpc) is 3.21. The van der Waals surface area contributed by atoms with Crippen LogP contribution in [0, 0.1) is 0 Å². The molecule has 1 aliphatic heterocycles. The van der Waals surface area contributed by atoms with Crippen molar-refractivity contribution in [1.82, 2.24) is 10.6 Å². The molecule has 1 aromatic carbocycles. The third-order valence-electron chi connectivity index (χ3n) is 3.97. The summed E-state index contributed by atoms with van der Waals surface area (Å²) in [6.45, 7) is 5.40. The number of carbonyl (C=O) groups excluding carboxylic acids is 2. The lowest BCUT2D eigenvalue weighted by molar-refractivity contribution is -0.138. The topological polar surface area (TPSA) is 89.8 Å². The van der Waals surface area contributed by atoms with Gasteiger partial charge in [-0.15, -0.1) is 0 Å². The van der Waals surface area contributed by atoms with Gasteiger partial charge in [-0.05, 0) is 49.0 Å². The molecule has 0 aliphatic carbocycles. The van der Waals surface area contributed by atoms with Crippen molar-refractivity contribution >= 4 is 29.3 Å². The normalized spacial score (nSPS) is 16.0. The number of esters is 2. The first kappa shape index (κ1) is 19.4. The molecule has 0 fully saturated rings. The molecule has 8 heteroatoms. The van der Waals surface area contributed by atoms with Gasteiger partial charge in [-0.25, -0.2) is 9.59 Å². The summed E-state index contributed by atoms with van der Waals surface area (Å²) >= 11 is 5.21.